The summed E-state index contributed by atoms with van der Waals surface area (Å²) < 4.78 is 12.5. The van der Waals surface area contributed by atoms with E-state index in [0.717, 1.165) is 25.6 Å². The van der Waals surface area contributed by atoms with E-state index in [1.165, 1.54) is 11.8 Å². The third-order valence-electron chi connectivity index (χ3n) is 4.48. The van der Waals surface area contributed by atoms with Crippen LogP contribution in [0.1, 0.15) is 24.2 Å². The summed E-state index contributed by atoms with van der Waals surface area (Å²) in [4.78, 5) is 26.7. The smallest absolute Gasteiger partial charge is 0.257 e. The van der Waals surface area contributed by atoms with Gasteiger partial charge in [-0.3, -0.25) is 19.5 Å². The second-order valence-corrected chi connectivity index (χ2v) is 8.22. The minimum Gasteiger partial charge on any atom is -0.497 e. The zero-order valence-corrected chi connectivity index (χ0v) is 18.3. The number of hydrogen-bond donors (Lipinski definition) is 1. The molecule has 1 aromatic heterocycles. The number of hydrogen-bond acceptors (Lipinski definition) is 8. The average molecular weight is 434 g/mol. The van der Waals surface area contributed by atoms with Crippen LogP contribution in [0.5, 0.6) is 5.75 Å². The second kappa shape index (κ2) is 10.4. The predicted octanol–water partition coefficient (Wildman–Crippen LogP) is 1.83. The lowest BCUT2D eigenvalue weighted by molar-refractivity contribution is -0.117. The highest BCUT2D eigenvalue weighted by molar-refractivity contribution is 7.99. The molecule has 2 aromatic rings. The first-order valence-corrected chi connectivity index (χ1v) is 10.8. The van der Waals surface area contributed by atoms with Crippen molar-refractivity contribution < 1.29 is 19.1 Å². The van der Waals surface area contributed by atoms with Crippen molar-refractivity contribution in [2.24, 2.45) is 5.92 Å². The Kier molecular flexibility index (Phi) is 7.69. The number of rotatable bonds is 8. The number of carbonyl (C=O) groups excluding carboxylic acids is 2. The van der Waals surface area contributed by atoms with Gasteiger partial charge in [0.05, 0.1) is 26.1 Å². The summed E-state index contributed by atoms with van der Waals surface area (Å²) in [5.74, 6) is 1.08. The number of benzene rings is 1. The van der Waals surface area contributed by atoms with Crippen LogP contribution in [0.25, 0.3) is 0 Å². The van der Waals surface area contributed by atoms with Crippen LogP contribution < -0.4 is 15.0 Å². The Morgan fingerprint density at radius 1 is 1.20 bits per heavy atom. The summed E-state index contributed by atoms with van der Waals surface area (Å²) in [6.07, 6.45) is 0. The number of ether oxygens (including phenoxy) is 2. The Morgan fingerprint density at radius 2 is 1.90 bits per heavy atom. The minimum atomic E-state index is -0.444. The first-order chi connectivity index (χ1) is 14.5. The number of anilines is 1. The molecular weight excluding hydrogens is 406 g/mol. The van der Waals surface area contributed by atoms with Crippen LogP contribution >= 0.6 is 11.8 Å². The van der Waals surface area contributed by atoms with Gasteiger partial charge in [-0.05, 0) is 30.2 Å². The van der Waals surface area contributed by atoms with Crippen LogP contribution in [-0.2, 0) is 16.1 Å². The summed E-state index contributed by atoms with van der Waals surface area (Å²) in [5.41, 5.74) is 0.395. The van der Waals surface area contributed by atoms with Gasteiger partial charge < -0.3 is 14.4 Å². The molecule has 2 amide bonds. The van der Waals surface area contributed by atoms with Crippen molar-refractivity contribution in [2.75, 3.05) is 44.1 Å². The van der Waals surface area contributed by atoms with Crippen molar-refractivity contribution in [1.29, 1.82) is 0 Å². The van der Waals surface area contributed by atoms with E-state index in [1.807, 2.05) is 4.57 Å². The minimum absolute atomic E-state index is 0.0707. The van der Waals surface area contributed by atoms with Crippen molar-refractivity contribution in [3.63, 3.8) is 0 Å². The Labute approximate surface area is 180 Å². The van der Waals surface area contributed by atoms with E-state index in [2.05, 4.69) is 34.3 Å². The molecular formula is C20H27N5O4S. The molecule has 30 heavy (non-hydrogen) atoms. The molecule has 1 fully saturated rings. The molecule has 0 atom stereocenters. The molecule has 2 heterocycles. The van der Waals surface area contributed by atoms with E-state index in [1.54, 1.807) is 31.4 Å². The van der Waals surface area contributed by atoms with Crippen molar-refractivity contribution >= 4 is 29.5 Å². The fourth-order valence-corrected chi connectivity index (χ4v) is 3.76. The van der Waals surface area contributed by atoms with Crippen LogP contribution in [0, 0.1) is 5.92 Å². The number of amides is 2. The Balaban J connectivity index is 1.61. The van der Waals surface area contributed by atoms with Crippen molar-refractivity contribution in [3.8, 4) is 5.75 Å². The van der Waals surface area contributed by atoms with Gasteiger partial charge in [0.25, 0.3) is 5.91 Å². The molecule has 1 N–H and O–H groups in total. The van der Waals surface area contributed by atoms with Gasteiger partial charge in [-0.2, -0.15) is 0 Å². The lowest BCUT2D eigenvalue weighted by Gasteiger charge is -2.28. The quantitative estimate of drug-likeness (QED) is 0.630. The molecule has 0 spiro atoms. The number of aromatic nitrogens is 3. The standard InChI is InChI=1S/C20H27N5O4S/c1-14(2)12-25-19(24-8-10-29-11-9-24)22-23-20(25)30-13-17(26)21-18(27)15-4-6-16(28-3)7-5-15/h4-7,14H,8-13H2,1-3H3,(H,21,26,27). The average Bonchev–Trinajstić information content (AvgIpc) is 3.14. The van der Waals surface area contributed by atoms with Gasteiger partial charge >= 0.3 is 0 Å². The number of imide groups is 1. The summed E-state index contributed by atoms with van der Waals surface area (Å²) in [7, 11) is 1.55. The van der Waals surface area contributed by atoms with Crippen LogP contribution in [0.2, 0.25) is 0 Å². The number of morpholine rings is 1. The first kappa shape index (κ1) is 22.1. The van der Waals surface area contributed by atoms with Gasteiger partial charge in [0.1, 0.15) is 5.75 Å². The predicted molar refractivity (Wildman–Crippen MR) is 114 cm³/mol. The SMILES string of the molecule is COc1ccc(C(=O)NC(=O)CSc2nnc(N3CCOCC3)n2CC(C)C)cc1. The topological polar surface area (TPSA) is 98.6 Å². The van der Waals surface area contributed by atoms with E-state index in [9.17, 15) is 9.59 Å². The number of methoxy groups -OCH3 is 1. The highest BCUT2D eigenvalue weighted by Crippen LogP contribution is 2.24. The Bertz CT molecular complexity index is 863. The van der Waals surface area contributed by atoms with Gasteiger partial charge in [-0.1, -0.05) is 25.6 Å². The van der Waals surface area contributed by atoms with Crippen LogP contribution in [0.3, 0.4) is 0 Å². The fraction of sp³-hybridized carbons (Fsp3) is 0.500. The van der Waals surface area contributed by atoms with Gasteiger partial charge in [-0.25, -0.2) is 0 Å². The van der Waals surface area contributed by atoms with Gasteiger partial charge in [0.15, 0.2) is 5.16 Å². The summed E-state index contributed by atoms with van der Waals surface area (Å²) in [6.45, 7) is 7.83. The molecule has 9 nitrogen and oxygen atoms in total. The molecule has 0 radical (unpaired) electrons. The van der Waals surface area contributed by atoms with Crippen LogP contribution in [-0.4, -0.2) is 65.7 Å². The van der Waals surface area contributed by atoms with E-state index >= 15 is 0 Å². The van der Waals surface area contributed by atoms with Gasteiger partial charge in [0.2, 0.25) is 11.9 Å². The highest BCUT2D eigenvalue weighted by Gasteiger charge is 2.22. The summed E-state index contributed by atoms with van der Waals surface area (Å²) in [5, 5.41) is 11.7. The Morgan fingerprint density at radius 3 is 2.53 bits per heavy atom. The molecule has 0 saturated carbocycles. The third-order valence-corrected chi connectivity index (χ3v) is 5.44. The molecule has 3 rings (SSSR count). The van der Waals surface area contributed by atoms with E-state index in [4.69, 9.17) is 9.47 Å². The largest absolute Gasteiger partial charge is 0.497 e. The zero-order valence-electron chi connectivity index (χ0n) is 17.5. The zero-order chi connectivity index (χ0) is 21.5. The Hall–Kier alpha value is -2.59. The molecule has 1 saturated heterocycles. The second-order valence-electron chi connectivity index (χ2n) is 7.28. The van der Waals surface area contributed by atoms with Crippen LogP contribution in [0.15, 0.2) is 29.4 Å². The van der Waals surface area contributed by atoms with Crippen LogP contribution in [0.4, 0.5) is 5.95 Å². The summed E-state index contributed by atoms with van der Waals surface area (Å²) in [6, 6.07) is 6.58. The van der Waals surface area contributed by atoms with Crippen molar-refractivity contribution in [3.05, 3.63) is 29.8 Å². The van der Waals surface area contributed by atoms with Crippen molar-refractivity contribution in [1.82, 2.24) is 20.1 Å². The molecule has 0 unspecified atom stereocenters. The maximum Gasteiger partial charge on any atom is 0.257 e. The summed E-state index contributed by atoms with van der Waals surface area (Å²) >= 11 is 1.27. The number of thioether (sulfide) groups is 1. The van der Waals surface area contributed by atoms with E-state index in [0.29, 0.717) is 35.6 Å². The lowest BCUT2D eigenvalue weighted by atomic mass is 10.2. The third kappa shape index (κ3) is 5.73. The number of nitrogens with zero attached hydrogens (tertiary/aromatic N) is 4. The molecule has 10 heteroatoms. The molecule has 1 aromatic carbocycles. The van der Waals surface area contributed by atoms with E-state index in [-0.39, 0.29) is 11.7 Å². The lowest BCUT2D eigenvalue weighted by Crippen LogP contribution is -2.38. The maximum absolute atomic E-state index is 12.3. The van der Waals surface area contributed by atoms with Gasteiger partial charge in [-0.15, -0.1) is 10.2 Å². The molecule has 0 aliphatic carbocycles. The van der Waals surface area contributed by atoms with E-state index < -0.39 is 5.91 Å². The molecule has 1 aliphatic rings. The molecule has 162 valence electrons. The molecule has 1 aliphatic heterocycles. The van der Waals surface area contributed by atoms with Gasteiger partial charge in [0, 0.05) is 25.2 Å². The maximum atomic E-state index is 12.3. The fourth-order valence-electron chi connectivity index (χ4n) is 3.02. The first-order valence-electron chi connectivity index (χ1n) is 9.85. The number of carbonyl (C=O) groups is 2. The highest BCUT2D eigenvalue weighted by atomic mass is 32.2. The normalized spacial score (nSPS) is 14.1. The van der Waals surface area contributed by atoms with Crippen molar-refractivity contribution in [2.45, 2.75) is 25.5 Å². The molecule has 0 bridgehead atoms. The monoisotopic (exact) mass is 433 g/mol. The number of nitrogens with one attached hydrogen (secondary N) is 1.